The van der Waals surface area contributed by atoms with Crippen LogP contribution < -0.4 is 10.1 Å². The van der Waals surface area contributed by atoms with Gasteiger partial charge in [-0.3, -0.25) is 9.59 Å². The van der Waals surface area contributed by atoms with Crippen LogP contribution in [0.2, 0.25) is 10.0 Å². The van der Waals surface area contributed by atoms with E-state index in [9.17, 15) is 9.59 Å². The Morgan fingerprint density at radius 3 is 2.48 bits per heavy atom. The van der Waals surface area contributed by atoms with Crippen molar-refractivity contribution in [3.05, 3.63) is 64.1 Å². The van der Waals surface area contributed by atoms with Gasteiger partial charge < -0.3 is 15.0 Å². The first-order valence-electron chi connectivity index (χ1n) is 9.70. The van der Waals surface area contributed by atoms with Gasteiger partial charge in [-0.15, -0.1) is 0 Å². The minimum Gasteiger partial charge on any atom is -0.482 e. The van der Waals surface area contributed by atoms with E-state index in [2.05, 4.69) is 5.32 Å². The summed E-state index contributed by atoms with van der Waals surface area (Å²) in [5.41, 5.74) is 1.17. The quantitative estimate of drug-likeness (QED) is 0.712. The standard InChI is InChI=1S/C22H24Cl2N2O3/c23-17-7-8-20(19(24)14-17)29-15-21(27)25-18-10-12-26(13-11-18)22(28)9-6-16-4-2-1-3-5-16/h1-5,7-8,14,18H,6,9-13,15H2,(H,25,27). The number of likely N-dealkylation sites (tertiary alicyclic amines) is 1. The fourth-order valence-electron chi connectivity index (χ4n) is 3.33. The third-order valence-corrected chi connectivity index (χ3v) is 5.47. The molecule has 2 aromatic carbocycles. The van der Waals surface area contributed by atoms with Gasteiger partial charge in [0.15, 0.2) is 6.61 Å². The second-order valence-electron chi connectivity index (χ2n) is 7.07. The number of hydrogen-bond acceptors (Lipinski definition) is 3. The second kappa shape index (κ2) is 10.5. The maximum Gasteiger partial charge on any atom is 0.258 e. The lowest BCUT2D eigenvalue weighted by molar-refractivity contribution is -0.132. The van der Waals surface area contributed by atoms with E-state index < -0.39 is 0 Å². The Morgan fingerprint density at radius 2 is 1.79 bits per heavy atom. The third kappa shape index (κ3) is 6.65. The first-order chi connectivity index (χ1) is 14.0. The molecule has 1 aliphatic heterocycles. The van der Waals surface area contributed by atoms with Crippen LogP contribution in [-0.4, -0.2) is 42.5 Å². The van der Waals surface area contributed by atoms with Crippen molar-refractivity contribution in [3.8, 4) is 5.75 Å². The highest BCUT2D eigenvalue weighted by Crippen LogP contribution is 2.27. The van der Waals surface area contributed by atoms with Crippen molar-refractivity contribution >= 4 is 35.0 Å². The third-order valence-electron chi connectivity index (χ3n) is 4.94. The van der Waals surface area contributed by atoms with E-state index >= 15 is 0 Å². The summed E-state index contributed by atoms with van der Waals surface area (Å²) in [6.07, 6.45) is 2.74. The number of ether oxygens (including phenoxy) is 1. The fourth-order valence-corrected chi connectivity index (χ4v) is 3.80. The molecule has 2 aromatic rings. The molecule has 0 spiro atoms. The highest BCUT2D eigenvalue weighted by Gasteiger charge is 2.23. The number of hydrogen-bond donors (Lipinski definition) is 1. The summed E-state index contributed by atoms with van der Waals surface area (Å²) in [7, 11) is 0. The van der Waals surface area contributed by atoms with E-state index in [0.29, 0.717) is 35.3 Å². The molecule has 0 atom stereocenters. The average Bonchev–Trinajstić information content (AvgIpc) is 2.72. The first-order valence-corrected chi connectivity index (χ1v) is 10.5. The van der Waals surface area contributed by atoms with Crippen LogP contribution in [0.4, 0.5) is 0 Å². The lowest BCUT2D eigenvalue weighted by Gasteiger charge is -2.32. The molecule has 0 bridgehead atoms. The zero-order valence-electron chi connectivity index (χ0n) is 16.1. The van der Waals surface area contributed by atoms with Gasteiger partial charge in [0, 0.05) is 30.6 Å². The average molecular weight is 435 g/mol. The second-order valence-corrected chi connectivity index (χ2v) is 7.92. The van der Waals surface area contributed by atoms with Gasteiger partial charge >= 0.3 is 0 Å². The molecule has 1 saturated heterocycles. The van der Waals surface area contributed by atoms with Gasteiger partial charge in [-0.2, -0.15) is 0 Å². The number of amides is 2. The molecule has 0 saturated carbocycles. The van der Waals surface area contributed by atoms with Gasteiger partial charge in [0.05, 0.1) is 5.02 Å². The van der Waals surface area contributed by atoms with E-state index in [1.54, 1.807) is 18.2 Å². The SMILES string of the molecule is O=C(COc1ccc(Cl)cc1Cl)NC1CCN(C(=O)CCc2ccccc2)CC1. The van der Waals surface area contributed by atoms with Crippen molar-refractivity contribution in [1.29, 1.82) is 0 Å². The summed E-state index contributed by atoms with van der Waals surface area (Å²) in [5, 5.41) is 3.85. The Morgan fingerprint density at radius 1 is 1.07 bits per heavy atom. The van der Waals surface area contributed by atoms with Gasteiger partial charge in [-0.05, 0) is 43.0 Å². The summed E-state index contributed by atoms with van der Waals surface area (Å²) in [4.78, 5) is 26.4. The lowest BCUT2D eigenvalue weighted by atomic mass is 10.0. The van der Waals surface area contributed by atoms with E-state index in [0.717, 1.165) is 19.3 Å². The van der Waals surface area contributed by atoms with Crippen molar-refractivity contribution in [2.75, 3.05) is 19.7 Å². The lowest BCUT2D eigenvalue weighted by Crippen LogP contribution is -2.47. The monoisotopic (exact) mass is 434 g/mol. The molecule has 0 radical (unpaired) electrons. The summed E-state index contributed by atoms with van der Waals surface area (Å²) in [6.45, 7) is 1.20. The van der Waals surface area contributed by atoms with Crippen LogP contribution in [0.25, 0.3) is 0 Å². The fraction of sp³-hybridized carbons (Fsp3) is 0.364. The Kier molecular flexibility index (Phi) is 7.78. The van der Waals surface area contributed by atoms with Crippen LogP contribution in [0, 0.1) is 0 Å². The van der Waals surface area contributed by atoms with E-state index in [1.165, 1.54) is 5.56 Å². The molecule has 154 valence electrons. The molecule has 1 aliphatic rings. The van der Waals surface area contributed by atoms with E-state index in [4.69, 9.17) is 27.9 Å². The highest BCUT2D eigenvalue weighted by molar-refractivity contribution is 6.35. The Labute approximate surface area is 180 Å². The van der Waals surface area contributed by atoms with Crippen LogP contribution in [0.15, 0.2) is 48.5 Å². The van der Waals surface area contributed by atoms with E-state index in [1.807, 2.05) is 35.2 Å². The van der Waals surface area contributed by atoms with Gasteiger partial charge in [0.25, 0.3) is 5.91 Å². The molecule has 2 amide bonds. The van der Waals surface area contributed by atoms with Gasteiger partial charge in [-0.1, -0.05) is 53.5 Å². The largest absolute Gasteiger partial charge is 0.482 e. The summed E-state index contributed by atoms with van der Waals surface area (Å²) < 4.78 is 5.46. The molecule has 0 aliphatic carbocycles. The van der Waals surface area contributed by atoms with Crippen LogP contribution in [-0.2, 0) is 16.0 Å². The number of carbonyl (C=O) groups is 2. The molecule has 1 fully saturated rings. The van der Waals surface area contributed by atoms with Crippen LogP contribution in [0.1, 0.15) is 24.8 Å². The molecule has 5 nitrogen and oxygen atoms in total. The predicted octanol–water partition coefficient (Wildman–Crippen LogP) is 4.11. The molecular weight excluding hydrogens is 411 g/mol. The smallest absolute Gasteiger partial charge is 0.258 e. The van der Waals surface area contributed by atoms with Crippen LogP contribution in [0.5, 0.6) is 5.75 Å². The number of carbonyl (C=O) groups excluding carboxylic acids is 2. The molecule has 1 N–H and O–H groups in total. The number of aryl methyl sites for hydroxylation is 1. The predicted molar refractivity (Wildman–Crippen MR) is 114 cm³/mol. The molecule has 3 rings (SSSR count). The van der Waals surface area contributed by atoms with Crippen molar-refractivity contribution in [2.24, 2.45) is 0 Å². The van der Waals surface area contributed by atoms with Crippen molar-refractivity contribution < 1.29 is 14.3 Å². The van der Waals surface area contributed by atoms with E-state index in [-0.39, 0.29) is 24.5 Å². The number of nitrogens with one attached hydrogen (secondary N) is 1. The Bertz CT molecular complexity index is 837. The van der Waals surface area contributed by atoms with Crippen LogP contribution in [0.3, 0.4) is 0 Å². The summed E-state index contributed by atoms with van der Waals surface area (Å²) in [5.74, 6) is 0.384. The number of nitrogens with zero attached hydrogens (tertiary/aromatic N) is 1. The number of rotatable bonds is 7. The van der Waals surface area contributed by atoms with Crippen molar-refractivity contribution in [1.82, 2.24) is 10.2 Å². The Hall–Kier alpha value is -2.24. The van der Waals surface area contributed by atoms with Gasteiger partial charge in [0.2, 0.25) is 5.91 Å². The molecule has 7 heteroatoms. The van der Waals surface area contributed by atoms with Crippen molar-refractivity contribution in [2.45, 2.75) is 31.7 Å². The van der Waals surface area contributed by atoms with Crippen LogP contribution >= 0.6 is 23.2 Å². The summed E-state index contributed by atoms with van der Waals surface area (Å²) in [6, 6.07) is 14.9. The molecule has 0 unspecified atom stereocenters. The number of piperidine rings is 1. The Balaban J connectivity index is 1.36. The normalized spacial score (nSPS) is 14.5. The zero-order valence-corrected chi connectivity index (χ0v) is 17.6. The minimum atomic E-state index is -0.204. The zero-order chi connectivity index (χ0) is 20.6. The molecular formula is C22H24Cl2N2O3. The summed E-state index contributed by atoms with van der Waals surface area (Å²) >= 11 is 11.9. The maximum atomic E-state index is 12.4. The molecule has 1 heterocycles. The minimum absolute atomic E-state index is 0.0463. The van der Waals surface area contributed by atoms with Crippen molar-refractivity contribution in [3.63, 3.8) is 0 Å². The maximum absolute atomic E-state index is 12.4. The molecule has 0 aromatic heterocycles. The number of benzene rings is 2. The number of halogens is 2. The topological polar surface area (TPSA) is 58.6 Å². The van der Waals surface area contributed by atoms with Gasteiger partial charge in [-0.25, -0.2) is 0 Å². The highest BCUT2D eigenvalue weighted by atomic mass is 35.5. The van der Waals surface area contributed by atoms with Gasteiger partial charge in [0.1, 0.15) is 5.75 Å². The molecule has 29 heavy (non-hydrogen) atoms. The first kappa shape index (κ1) is 21.5.